The third kappa shape index (κ3) is 6.92. The maximum absolute atomic E-state index is 14.0. The molecule has 7 nitrogen and oxygen atoms in total. The van der Waals surface area contributed by atoms with Crippen LogP contribution in [0.25, 0.3) is 0 Å². The quantitative estimate of drug-likeness (QED) is 0.206. The minimum absolute atomic E-state index is 0.0120. The van der Waals surface area contributed by atoms with Crippen LogP contribution in [0.5, 0.6) is 0 Å². The molecule has 0 spiro atoms. The van der Waals surface area contributed by atoms with Crippen molar-refractivity contribution < 1.29 is 18.0 Å². The number of rotatable bonds is 8. The van der Waals surface area contributed by atoms with Crippen LogP contribution >= 0.6 is 11.6 Å². The molecule has 2 aliphatic heterocycles. The van der Waals surface area contributed by atoms with E-state index in [1.807, 2.05) is 48.7 Å². The van der Waals surface area contributed by atoms with Gasteiger partial charge in [-0.3, -0.25) is 9.74 Å². The highest BCUT2D eigenvalue weighted by molar-refractivity contribution is 6.17. The van der Waals surface area contributed by atoms with Crippen molar-refractivity contribution in [2.45, 2.75) is 49.8 Å². The SMILES string of the molecule is FC(F)(F)c1cnc(Nc2ccc(C3CCN(Cc4ccc(CCl)cc4)CC3)cn2)nc1N1OCC[C@H]1c1ccccc1. The van der Waals surface area contributed by atoms with E-state index in [0.717, 1.165) is 55.4 Å². The fourth-order valence-electron chi connectivity index (χ4n) is 5.71. The van der Waals surface area contributed by atoms with E-state index in [1.54, 1.807) is 0 Å². The number of hydrogen-bond donors (Lipinski definition) is 1. The summed E-state index contributed by atoms with van der Waals surface area (Å²) in [5.74, 6) is 1.06. The fourth-order valence-corrected chi connectivity index (χ4v) is 5.89. The molecule has 0 amide bonds. The molecule has 4 aromatic rings. The number of alkyl halides is 4. The van der Waals surface area contributed by atoms with Gasteiger partial charge in [-0.05, 0) is 60.2 Å². The lowest BCUT2D eigenvalue weighted by Gasteiger charge is -2.32. The number of likely N-dealkylation sites (tertiary alicyclic amines) is 1. The molecule has 1 atom stereocenters. The predicted octanol–water partition coefficient (Wildman–Crippen LogP) is 7.64. The van der Waals surface area contributed by atoms with Gasteiger partial charge >= 0.3 is 6.18 Å². The Balaban J connectivity index is 1.12. The summed E-state index contributed by atoms with van der Waals surface area (Å²) in [7, 11) is 0. The topological polar surface area (TPSA) is 66.4 Å². The second-order valence-corrected chi connectivity index (χ2v) is 11.2. The number of halogens is 4. The summed E-state index contributed by atoms with van der Waals surface area (Å²) in [6.45, 7) is 3.19. The van der Waals surface area contributed by atoms with Crippen LogP contribution in [0, 0.1) is 0 Å². The lowest BCUT2D eigenvalue weighted by molar-refractivity contribution is -0.138. The molecule has 2 saturated heterocycles. The second kappa shape index (κ2) is 12.9. The number of nitrogens with one attached hydrogen (secondary N) is 1. The van der Waals surface area contributed by atoms with Gasteiger partial charge in [0.25, 0.3) is 0 Å². The van der Waals surface area contributed by atoms with Crippen LogP contribution in [0.1, 0.15) is 59.0 Å². The number of hydroxylamine groups is 1. The summed E-state index contributed by atoms with van der Waals surface area (Å²) in [5.41, 5.74) is 3.44. The molecule has 2 fully saturated rings. The van der Waals surface area contributed by atoms with Gasteiger partial charge in [-0.15, -0.1) is 11.6 Å². The second-order valence-electron chi connectivity index (χ2n) is 10.9. The number of aromatic nitrogens is 3. The summed E-state index contributed by atoms with van der Waals surface area (Å²) in [5, 5.41) is 4.23. The average molecular weight is 609 g/mol. The lowest BCUT2D eigenvalue weighted by atomic mass is 9.90. The maximum atomic E-state index is 14.0. The highest BCUT2D eigenvalue weighted by Crippen LogP contribution is 2.41. The molecule has 0 unspecified atom stereocenters. The van der Waals surface area contributed by atoms with Crippen molar-refractivity contribution in [1.82, 2.24) is 19.9 Å². The van der Waals surface area contributed by atoms with Gasteiger partial charge in [0.05, 0.1) is 12.6 Å². The number of benzene rings is 2. The standard InChI is InChI=1S/C32H32ClF3N6O/c33-18-22-6-8-23(9-7-22)21-41-15-12-24(13-16-41)26-10-11-29(37-19-26)39-31-38-20-27(32(34,35)36)30(40-31)42-28(14-17-43-42)25-4-2-1-3-5-25/h1-11,19-20,24,28H,12-18,21H2,(H,37,38,39,40)/t28-/m0/s1. The molecule has 2 aliphatic rings. The molecule has 11 heteroatoms. The molecule has 0 aliphatic carbocycles. The summed E-state index contributed by atoms with van der Waals surface area (Å²) in [6.07, 6.45) is 0.565. The van der Waals surface area contributed by atoms with Crippen LogP contribution in [-0.4, -0.2) is 39.5 Å². The lowest BCUT2D eigenvalue weighted by Crippen LogP contribution is -2.32. The Morgan fingerprint density at radius 3 is 2.28 bits per heavy atom. The van der Waals surface area contributed by atoms with E-state index in [2.05, 4.69) is 49.4 Å². The minimum atomic E-state index is -4.65. The monoisotopic (exact) mass is 608 g/mol. The van der Waals surface area contributed by atoms with Gasteiger partial charge in [0.2, 0.25) is 5.95 Å². The van der Waals surface area contributed by atoms with E-state index < -0.39 is 17.8 Å². The molecule has 2 aromatic heterocycles. The van der Waals surface area contributed by atoms with Gasteiger partial charge in [0, 0.05) is 31.2 Å². The zero-order chi connectivity index (χ0) is 29.8. The van der Waals surface area contributed by atoms with Crippen LogP contribution in [-0.2, 0) is 23.4 Å². The van der Waals surface area contributed by atoms with Crippen molar-refractivity contribution in [1.29, 1.82) is 0 Å². The van der Waals surface area contributed by atoms with Crippen LogP contribution in [0.4, 0.5) is 30.8 Å². The van der Waals surface area contributed by atoms with Crippen LogP contribution in [0.15, 0.2) is 79.1 Å². The zero-order valence-electron chi connectivity index (χ0n) is 23.5. The number of anilines is 3. The Kier molecular flexibility index (Phi) is 8.78. The summed E-state index contributed by atoms with van der Waals surface area (Å²) in [4.78, 5) is 20.9. The van der Waals surface area contributed by atoms with Crippen LogP contribution in [0.2, 0.25) is 0 Å². The number of piperidine rings is 1. The van der Waals surface area contributed by atoms with Gasteiger partial charge in [-0.1, -0.05) is 60.7 Å². The average Bonchev–Trinajstić information content (AvgIpc) is 3.52. The number of hydrogen-bond acceptors (Lipinski definition) is 7. The summed E-state index contributed by atoms with van der Waals surface area (Å²) in [6, 6.07) is 21.2. The molecular formula is C32H32ClF3N6O. The largest absolute Gasteiger partial charge is 0.421 e. The highest BCUT2D eigenvalue weighted by Gasteiger charge is 2.40. The van der Waals surface area contributed by atoms with E-state index in [0.29, 0.717) is 24.0 Å². The smallest absolute Gasteiger partial charge is 0.309 e. The van der Waals surface area contributed by atoms with Crippen LogP contribution in [0.3, 0.4) is 0 Å². The van der Waals surface area contributed by atoms with Crippen molar-refractivity contribution in [3.05, 3.63) is 107 Å². The predicted molar refractivity (Wildman–Crippen MR) is 160 cm³/mol. The normalized spacial score (nSPS) is 18.2. The van der Waals surface area contributed by atoms with E-state index in [1.165, 1.54) is 10.6 Å². The van der Waals surface area contributed by atoms with Crippen LogP contribution < -0.4 is 10.4 Å². The molecule has 4 heterocycles. The zero-order valence-corrected chi connectivity index (χ0v) is 24.2. The third-order valence-corrected chi connectivity index (χ3v) is 8.35. The van der Waals surface area contributed by atoms with Crippen molar-refractivity contribution in [2.75, 3.05) is 30.1 Å². The Bertz CT molecular complexity index is 1500. The first-order valence-electron chi connectivity index (χ1n) is 14.4. The summed E-state index contributed by atoms with van der Waals surface area (Å²) >= 11 is 5.90. The Morgan fingerprint density at radius 2 is 1.60 bits per heavy atom. The van der Waals surface area contributed by atoms with E-state index in [9.17, 15) is 13.2 Å². The number of nitrogens with zero attached hydrogens (tertiary/aromatic N) is 5. The van der Waals surface area contributed by atoms with Crippen molar-refractivity contribution in [2.24, 2.45) is 0 Å². The van der Waals surface area contributed by atoms with Crippen molar-refractivity contribution in [3.63, 3.8) is 0 Å². The molecule has 0 radical (unpaired) electrons. The summed E-state index contributed by atoms with van der Waals surface area (Å²) < 4.78 is 41.9. The van der Waals surface area contributed by atoms with E-state index >= 15 is 0 Å². The van der Waals surface area contributed by atoms with E-state index in [4.69, 9.17) is 16.4 Å². The fraction of sp³-hybridized carbons (Fsp3) is 0.344. The molecule has 2 aromatic carbocycles. The molecule has 1 N–H and O–H groups in total. The van der Waals surface area contributed by atoms with Gasteiger partial charge in [0.15, 0.2) is 5.82 Å². The minimum Gasteiger partial charge on any atom is -0.309 e. The first-order chi connectivity index (χ1) is 20.9. The molecule has 0 bridgehead atoms. The maximum Gasteiger partial charge on any atom is 0.421 e. The first-order valence-corrected chi connectivity index (χ1v) is 14.9. The first kappa shape index (κ1) is 29.3. The van der Waals surface area contributed by atoms with Gasteiger partial charge in [-0.25, -0.2) is 15.0 Å². The molecule has 6 rings (SSSR count). The highest BCUT2D eigenvalue weighted by atomic mass is 35.5. The van der Waals surface area contributed by atoms with Gasteiger partial charge in [0.1, 0.15) is 11.4 Å². The Labute approximate surface area is 253 Å². The van der Waals surface area contributed by atoms with Crippen molar-refractivity contribution >= 4 is 29.2 Å². The van der Waals surface area contributed by atoms with Gasteiger partial charge in [-0.2, -0.15) is 18.2 Å². The molecule has 43 heavy (non-hydrogen) atoms. The Morgan fingerprint density at radius 1 is 0.860 bits per heavy atom. The van der Waals surface area contributed by atoms with E-state index in [-0.39, 0.29) is 18.4 Å². The molecular weight excluding hydrogens is 577 g/mol. The number of pyridine rings is 1. The van der Waals surface area contributed by atoms with Crippen molar-refractivity contribution in [3.8, 4) is 0 Å². The third-order valence-electron chi connectivity index (χ3n) is 8.04. The Hall–Kier alpha value is -3.73. The molecule has 224 valence electrons. The molecule has 0 saturated carbocycles. The van der Waals surface area contributed by atoms with Gasteiger partial charge < -0.3 is 5.32 Å².